The molecule has 9 nitrogen and oxygen atoms in total. The van der Waals surface area contributed by atoms with Gasteiger partial charge in [0, 0.05) is 49.7 Å². The topological polar surface area (TPSA) is 90.9 Å². The van der Waals surface area contributed by atoms with Crippen molar-refractivity contribution in [2.24, 2.45) is 0 Å². The fraction of sp³-hybridized carbons (Fsp3) is 0.739. The second-order valence-corrected chi connectivity index (χ2v) is 10.5. The second kappa shape index (κ2) is 8.08. The summed E-state index contributed by atoms with van der Waals surface area (Å²) in [6, 6.07) is 0.0789. The summed E-state index contributed by atoms with van der Waals surface area (Å²) in [5, 5.41) is 2.72. The number of nitrogens with zero attached hydrogens (tertiary/aromatic N) is 5. The maximum absolute atomic E-state index is 12.7. The van der Waals surface area contributed by atoms with E-state index in [-0.39, 0.29) is 29.5 Å². The fourth-order valence-corrected chi connectivity index (χ4v) is 5.21. The van der Waals surface area contributed by atoms with Gasteiger partial charge in [0.1, 0.15) is 23.6 Å². The van der Waals surface area contributed by atoms with E-state index < -0.39 is 5.60 Å². The van der Waals surface area contributed by atoms with Gasteiger partial charge in [-0.25, -0.2) is 14.8 Å². The molecule has 0 radical (unpaired) electrons. The van der Waals surface area contributed by atoms with Gasteiger partial charge in [0.25, 0.3) is 0 Å². The van der Waals surface area contributed by atoms with Crippen molar-refractivity contribution in [1.29, 1.82) is 0 Å². The molecular formula is C23H36N6O3. The van der Waals surface area contributed by atoms with Gasteiger partial charge in [0.2, 0.25) is 5.91 Å². The number of hydrogen-bond donors (Lipinski definition) is 1. The zero-order valence-corrected chi connectivity index (χ0v) is 20.1. The van der Waals surface area contributed by atoms with Crippen LogP contribution in [0.1, 0.15) is 59.4 Å². The van der Waals surface area contributed by atoms with Gasteiger partial charge < -0.3 is 24.8 Å². The number of anilines is 2. The first-order chi connectivity index (χ1) is 15.0. The molecule has 1 aromatic heterocycles. The first-order valence-corrected chi connectivity index (χ1v) is 11.6. The van der Waals surface area contributed by atoms with Gasteiger partial charge in [-0.3, -0.25) is 4.79 Å². The number of rotatable bonds is 3. The number of fused-ring (bicyclic) bond motifs is 2. The van der Waals surface area contributed by atoms with Crippen LogP contribution in [0, 0.1) is 0 Å². The highest BCUT2D eigenvalue weighted by molar-refractivity contribution is 5.83. The van der Waals surface area contributed by atoms with Crippen molar-refractivity contribution in [3.63, 3.8) is 0 Å². The Morgan fingerprint density at radius 3 is 2.44 bits per heavy atom. The first-order valence-electron chi connectivity index (χ1n) is 11.6. The normalized spacial score (nSPS) is 24.2. The van der Waals surface area contributed by atoms with Crippen molar-refractivity contribution in [2.45, 2.75) is 77.0 Å². The third kappa shape index (κ3) is 3.97. The molecule has 176 valence electrons. The van der Waals surface area contributed by atoms with Crippen LogP contribution in [0.25, 0.3) is 0 Å². The first kappa shape index (κ1) is 22.6. The van der Waals surface area contributed by atoms with Crippen LogP contribution >= 0.6 is 0 Å². The number of carbonyl (C=O) groups is 2. The molecule has 0 bridgehead atoms. The molecule has 2 amide bonds. The van der Waals surface area contributed by atoms with Crippen LogP contribution < -0.4 is 15.1 Å². The molecule has 1 saturated carbocycles. The molecule has 3 aliphatic rings. The maximum Gasteiger partial charge on any atom is 0.410 e. The molecule has 1 saturated heterocycles. The minimum atomic E-state index is -0.518. The van der Waals surface area contributed by atoms with Gasteiger partial charge >= 0.3 is 6.09 Å². The van der Waals surface area contributed by atoms with Crippen molar-refractivity contribution in [3.05, 3.63) is 11.9 Å². The van der Waals surface area contributed by atoms with Crippen LogP contribution in [-0.4, -0.2) is 77.8 Å². The van der Waals surface area contributed by atoms with E-state index in [2.05, 4.69) is 33.9 Å². The lowest BCUT2D eigenvalue weighted by Crippen LogP contribution is -2.59. The highest BCUT2D eigenvalue weighted by Crippen LogP contribution is 2.54. The quantitative estimate of drug-likeness (QED) is 0.765. The molecule has 2 atom stereocenters. The van der Waals surface area contributed by atoms with E-state index in [1.54, 1.807) is 13.4 Å². The molecule has 0 unspecified atom stereocenters. The van der Waals surface area contributed by atoms with E-state index in [1.807, 2.05) is 25.7 Å². The van der Waals surface area contributed by atoms with E-state index in [0.29, 0.717) is 19.6 Å². The predicted molar refractivity (Wildman–Crippen MR) is 123 cm³/mol. The van der Waals surface area contributed by atoms with E-state index in [1.165, 1.54) is 12.0 Å². The number of likely N-dealkylation sites (N-methyl/N-ethyl adjacent to an activating group) is 1. The lowest BCUT2D eigenvalue weighted by molar-refractivity contribution is -0.119. The summed E-state index contributed by atoms with van der Waals surface area (Å²) in [6.45, 7) is 12.2. The molecule has 1 spiro atoms. The van der Waals surface area contributed by atoms with Crippen molar-refractivity contribution in [1.82, 2.24) is 20.2 Å². The van der Waals surface area contributed by atoms with Gasteiger partial charge in [-0.1, -0.05) is 6.42 Å². The number of nitrogens with one attached hydrogen (secondary N) is 1. The third-order valence-corrected chi connectivity index (χ3v) is 6.94. The Morgan fingerprint density at radius 2 is 1.84 bits per heavy atom. The zero-order valence-electron chi connectivity index (χ0n) is 20.1. The van der Waals surface area contributed by atoms with Crippen LogP contribution in [0.3, 0.4) is 0 Å². The van der Waals surface area contributed by atoms with Gasteiger partial charge in [0.15, 0.2) is 0 Å². The zero-order chi connectivity index (χ0) is 23.3. The minimum absolute atomic E-state index is 0.00705. The summed E-state index contributed by atoms with van der Waals surface area (Å²) in [5.74, 6) is 1.82. The Bertz CT molecular complexity index is 894. The molecule has 2 fully saturated rings. The van der Waals surface area contributed by atoms with Gasteiger partial charge in [-0.15, -0.1) is 0 Å². The molecule has 9 heteroatoms. The third-order valence-electron chi connectivity index (χ3n) is 6.94. The van der Waals surface area contributed by atoms with Crippen LogP contribution in [0.4, 0.5) is 16.4 Å². The van der Waals surface area contributed by atoms with Gasteiger partial charge in [0.05, 0.1) is 6.54 Å². The Hall–Kier alpha value is -2.58. The molecule has 32 heavy (non-hydrogen) atoms. The molecule has 1 N–H and O–H groups in total. The number of hydrogen-bond acceptors (Lipinski definition) is 7. The number of ether oxygens (including phenoxy) is 1. The Labute approximate surface area is 190 Å². The summed E-state index contributed by atoms with van der Waals surface area (Å²) in [5.41, 5.74) is 0.681. The number of aromatic nitrogens is 2. The maximum atomic E-state index is 12.7. The van der Waals surface area contributed by atoms with Gasteiger partial charge in [-0.2, -0.15) is 0 Å². The van der Waals surface area contributed by atoms with Crippen LogP contribution in [0.2, 0.25) is 0 Å². The van der Waals surface area contributed by atoms with Crippen molar-refractivity contribution in [3.8, 4) is 0 Å². The molecule has 3 heterocycles. The summed E-state index contributed by atoms with van der Waals surface area (Å²) in [7, 11) is 1.66. The Balaban J connectivity index is 1.62. The average Bonchev–Trinajstić information content (AvgIpc) is 3.03. The summed E-state index contributed by atoms with van der Waals surface area (Å²) >= 11 is 0. The monoisotopic (exact) mass is 444 g/mol. The van der Waals surface area contributed by atoms with Crippen LogP contribution in [0.5, 0.6) is 0 Å². The predicted octanol–water partition coefficient (Wildman–Crippen LogP) is 2.30. The molecular weight excluding hydrogens is 408 g/mol. The molecule has 2 aliphatic heterocycles. The number of carbonyl (C=O) groups excluding carboxylic acids is 2. The smallest absolute Gasteiger partial charge is 0.410 e. The summed E-state index contributed by atoms with van der Waals surface area (Å²) in [4.78, 5) is 40.5. The Kier molecular flexibility index (Phi) is 5.71. The van der Waals surface area contributed by atoms with E-state index in [4.69, 9.17) is 9.72 Å². The van der Waals surface area contributed by atoms with Gasteiger partial charge in [-0.05, 0) is 47.5 Å². The number of piperazine rings is 1. The van der Waals surface area contributed by atoms with E-state index >= 15 is 0 Å². The highest BCUT2D eigenvalue weighted by atomic mass is 16.6. The van der Waals surface area contributed by atoms with Crippen LogP contribution in [0.15, 0.2) is 6.33 Å². The summed E-state index contributed by atoms with van der Waals surface area (Å²) in [6.07, 6.45) is 4.70. The molecule has 4 rings (SSSR count). The lowest BCUT2D eigenvalue weighted by Gasteiger charge is -2.46. The minimum Gasteiger partial charge on any atom is -0.444 e. The standard InChI is InChI=1S/C23H36N6O3/c1-15-11-29(21(31)32-22(3,4)5)16(2)10-28(15)20-18-19(25-14-26-20)27(12-17(30)24-6)13-23(18)8-7-9-23/h14-16H,7-13H2,1-6H3,(H,24,30)/t15-,16+/m0/s1. The van der Waals surface area contributed by atoms with Crippen molar-refractivity contribution < 1.29 is 14.3 Å². The van der Waals surface area contributed by atoms with Crippen LogP contribution in [-0.2, 0) is 14.9 Å². The van der Waals surface area contributed by atoms with Crippen molar-refractivity contribution in [2.75, 3.05) is 43.0 Å². The highest BCUT2D eigenvalue weighted by Gasteiger charge is 2.51. The summed E-state index contributed by atoms with van der Waals surface area (Å²) < 4.78 is 5.63. The molecule has 1 aliphatic carbocycles. The fourth-order valence-electron chi connectivity index (χ4n) is 5.21. The van der Waals surface area contributed by atoms with Crippen molar-refractivity contribution >= 4 is 23.6 Å². The SMILES string of the molecule is CNC(=O)CN1CC2(CCC2)c2c1ncnc2N1C[C@@H](C)N(C(=O)OC(C)(C)C)C[C@@H]1C. The lowest BCUT2D eigenvalue weighted by atomic mass is 9.66. The second-order valence-electron chi connectivity index (χ2n) is 10.5. The molecule has 0 aromatic carbocycles. The largest absolute Gasteiger partial charge is 0.444 e. The average molecular weight is 445 g/mol. The molecule has 1 aromatic rings. The van der Waals surface area contributed by atoms with E-state index in [9.17, 15) is 9.59 Å². The number of amides is 2. The van der Waals surface area contributed by atoms with E-state index in [0.717, 1.165) is 31.0 Å². The Morgan fingerprint density at radius 1 is 1.16 bits per heavy atom.